The van der Waals surface area contributed by atoms with Gasteiger partial charge in [0.1, 0.15) is 6.61 Å². The van der Waals surface area contributed by atoms with E-state index in [-0.39, 0.29) is 18.8 Å². The number of hydrogen-bond donors (Lipinski definition) is 2. The maximum atomic E-state index is 11.6. The van der Waals surface area contributed by atoms with Crippen molar-refractivity contribution >= 4 is 11.9 Å². The number of carbonyl (C=O) groups is 2. The minimum Gasteiger partial charge on any atom is -0.478 e. The number of carboxylic acids is 1. The Morgan fingerprint density at radius 3 is 2.59 bits per heavy atom. The number of rotatable bonds is 5. The molecule has 0 spiro atoms. The molecular weight excluding hydrogens is 224 g/mol. The maximum absolute atomic E-state index is 11.6. The molecule has 0 aliphatic carbocycles. The number of carboxylic acid groups (broad SMARTS) is 1. The average Bonchev–Trinajstić information content (AvgIpc) is 2.34. The molecule has 1 aromatic carbocycles. The molecule has 17 heavy (non-hydrogen) atoms. The number of aliphatic hydroxyl groups excluding tert-OH is 1. The molecule has 0 saturated carbocycles. The molecule has 1 rings (SSSR count). The molecule has 0 aromatic heterocycles. The van der Waals surface area contributed by atoms with Crippen LogP contribution in [0.15, 0.2) is 18.2 Å². The maximum Gasteiger partial charge on any atom is 0.338 e. The van der Waals surface area contributed by atoms with Gasteiger partial charge >= 0.3 is 11.9 Å². The highest BCUT2D eigenvalue weighted by Gasteiger charge is 2.14. The lowest BCUT2D eigenvalue weighted by Crippen LogP contribution is -2.12. The van der Waals surface area contributed by atoms with Gasteiger partial charge in [-0.25, -0.2) is 9.59 Å². The van der Waals surface area contributed by atoms with Crippen molar-refractivity contribution < 1.29 is 24.5 Å². The number of ether oxygens (including phenoxy) is 1. The smallest absolute Gasteiger partial charge is 0.338 e. The van der Waals surface area contributed by atoms with Crippen LogP contribution in [0.2, 0.25) is 0 Å². The van der Waals surface area contributed by atoms with E-state index < -0.39 is 11.9 Å². The number of carbonyl (C=O) groups excluding carboxylic acids is 1. The molecule has 0 bridgehead atoms. The van der Waals surface area contributed by atoms with Crippen molar-refractivity contribution in [1.82, 2.24) is 0 Å². The second kappa shape index (κ2) is 6.00. The van der Waals surface area contributed by atoms with Crippen LogP contribution in [0.5, 0.6) is 0 Å². The highest BCUT2D eigenvalue weighted by molar-refractivity contribution is 5.94. The molecule has 92 valence electrons. The summed E-state index contributed by atoms with van der Waals surface area (Å²) < 4.78 is 4.78. The molecule has 2 N–H and O–H groups in total. The molecule has 0 saturated heterocycles. The summed E-state index contributed by atoms with van der Waals surface area (Å²) in [5, 5.41) is 17.4. The Balaban J connectivity index is 3.00. The van der Waals surface area contributed by atoms with Crippen molar-refractivity contribution in [2.45, 2.75) is 13.3 Å². The van der Waals surface area contributed by atoms with Crippen LogP contribution in [0.1, 0.15) is 33.2 Å². The van der Waals surface area contributed by atoms with Crippen molar-refractivity contribution in [2.24, 2.45) is 0 Å². The quantitative estimate of drug-likeness (QED) is 0.750. The lowest BCUT2D eigenvalue weighted by atomic mass is 10.0. The van der Waals surface area contributed by atoms with E-state index in [1.165, 1.54) is 18.2 Å². The van der Waals surface area contributed by atoms with Gasteiger partial charge in [-0.2, -0.15) is 0 Å². The van der Waals surface area contributed by atoms with Gasteiger partial charge < -0.3 is 14.9 Å². The number of hydrogen-bond acceptors (Lipinski definition) is 4. The minimum atomic E-state index is -1.03. The number of aromatic carboxylic acids is 1. The van der Waals surface area contributed by atoms with Crippen molar-refractivity contribution in [2.75, 3.05) is 13.2 Å². The number of benzene rings is 1. The highest BCUT2D eigenvalue weighted by atomic mass is 16.5. The van der Waals surface area contributed by atoms with E-state index in [1.807, 2.05) is 6.92 Å². The molecule has 5 heteroatoms. The van der Waals surface area contributed by atoms with Crippen LogP contribution in [0.3, 0.4) is 0 Å². The highest BCUT2D eigenvalue weighted by Crippen LogP contribution is 2.14. The van der Waals surface area contributed by atoms with Gasteiger partial charge in [0.15, 0.2) is 0 Å². The summed E-state index contributed by atoms with van der Waals surface area (Å²) in [5.41, 5.74) is 1.10. The van der Waals surface area contributed by atoms with E-state index in [9.17, 15) is 9.59 Å². The fourth-order valence-electron chi connectivity index (χ4n) is 1.43. The van der Waals surface area contributed by atoms with Gasteiger partial charge in [-0.1, -0.05) is 6.92 Å². The van der Waals surface area contributed by atoms with Crippen molar-refractivity contribution in [3.8, 4) is 0 Å². The van der Waals surface area contributed by atoms with Crippen LogP contribution < -0.4 is 0 Å². The van der Waals surface area contributed by atoms with Crippen LogP contribution in [0.4, 0.5) is 0 Å². The summed E-state index contributed by atoms with van der Waals surface area (Å²) in [6.45, 7) is 1.52. The van der Waals surface area contributed by atoms with Gasteiger partial charge in [0.2, 0.25) is 0 Å². The lowest BCUT2D eigenvalue weighted by Gasteiger charge is -2.08. The van der Waals surface area contributed by atoms with E-state index >= 15 is 0 Å². The molecule has 5 nitrogen and oxygen atoms in total. The van der Waals surface area contributed by atoms with Gasteiger partial charge in [0.25, 0.3) is 0 Å². The van der Waals surface area contributed by atoms with Gasteiger partial charge in [0, 0.05) is 0 Å². The molecule has 0 radical (unpaired) electrons. The van der Waals surface area contributed by atoms with Gasteiger partial charge in [-0.3, -0.25) is 0 Å². The lowest BCUT2D eigenvalue weighted by molar-refractivity contribution is 0.0432. The predicted octanol–water partition coefficient (Wildman–Crippen LogP) is 1.10. The zero-order valence-corrected chi connectivity index (χ0v) is 9.47. The normalized spacial score (nSPS) is 10.0. The first kappa shape index (κ1) is 13.2. The van der Waals surface area contributed by atoms with Gasteiger partial charge in [-0.05, 0) is 30.2 Å². The Hall–Kier alpha value is -1.88. The first-order valence-corrected chi connectivity index (χ1v) is 5.24. The molecular formula is C12H14O5. The third-order valence-electron chi connectivity index (χ3n) is 2.28. The zero-order chi connectivity index (χ0) is 12.8. The summed E-state index contributed by atoms with van der Waals surface area (Å²) in [6, 6.07) is 4.25. The monoisotopic (exact) mass is 238 g/mol. The Morgan fingerprint density at radius 2 is 2.06 bits per heavy atom. The largest absolute Gasteiger partial charge is 0.478 e. The Bertz CT molecular complexity index is 425. The molecule has 0 heterocycles. The first-order valence-electron chi connectivity index (χ1n) is 5.24. The topological polar surface area (TPSA) is 83.8 Å². The number of esters is 1. The van der Waals surface area contributed by atoms with Crippen molar-refractivity contribution in [3.63, 3.8) is 0 Å². The van der Waals surface area contributed by atoms with Crippen LogP contribution in [0.25, 0.3) is 0 Å². The van der Waals surface area contributed by atoms with Crippen LogP contribution in [0, 0.1) is 0 Å². The van der Waals surface area contributed by atoms with Crippen LogP contribution in [-0.4, -0.2) is 35.4 Å². The van der Waals surface area contributed by atoms with Crippen molar-refractivity contribution in [3.05, 3.63) is 34.9 Å². The standard InChI is InChI=1S/C12H14O5/c1-2-8-7-9(11(14)15)3-4-10(8)12(16)17-6-5-13/h3-4,7,13H,2,5-6H2,1H3,(H,14,15). The Kier molecular flexibility index (Phi) is 4.66. The first-order chi connectivity index (χ1) is 8.10. The molecule has 0 amide bonds. The van der Waals surface area contributed by atoms with Gasteiger partial charge in [-0.15, -0.1) is 0 Å². The third kappa shape index (κ3) is 3.29. The molecule has 0 atom stereocenters. The van der Waals surface area contributed by atoms with E-state index in [0.717, 1.165) is 0 Å². The van der Waals surface area contributed by atoms with E-state index in [2.05, 4.69) is 0 Å². The molecule has 0 aliphatic heterocycles. The van der Waals surface area contributed by atoms with E-state index in [1.54, 1.807) is 0 Å². The fraction of sp³-hybridized carbons (Fsp3) is 0.333. The summed E-state index contributed by atoms with van der Waals surface area (Å²) in [7, 11) is 0. The van der Waals surface area contributed by atoms with Crippen LogP contribution in [-0.2, 0) is 11.2 Å². The fourth-order valence-corrected chi connectivity index (χ4v) is 1.43. The Morgan fingerprint density at radius 1 is 1.35 bits per heavy atom. The summed E-state index contributed by atoms with van der Waals surface area (Å²) in [6.07, 6.45) is 0.532. The average molecular weight is 238 g/mol. The second-order valence-electron chi connectivity index (χ2n) is 3.39. The van der Waals surface area contributed by atoms with E-state index in [0.29, 0.717) is 17.5 Å². The zero-order valence-electron chi connectivity index (χ0n) is 9.47. The second-order valence-corrected chi connectivity index (χ2v) is 3.39. The number of aryl methyl sites for hydroxylation is 1. The van der Waals surface area contributed by atoms with E-state index in [4.69, 9.17) is 14.9 Å². The number of aliphatic hydroxyl groups is 1. The molecule has 0 aliphatic rings. The molecule has 0 unspecified atom stereocenters. The summed E-state index contributed by atoms with van der Waals surface area (Å²) in [5.74, 6) is -1.58. The molecule has 0 fully saturated rings. The Labute approximate surface area is 98.6 Å². The summed E-state index contributed by atoms with van der Waals surface area (Å²) >= 11 is 0. The minimum absolute atomic E-state index is 0.0668. The SMILES string of the molecule is CCc1cc(C(=O)O)ccc1C(=O)OCCO. The third-order valence-corrected chi connectivity index (χ3v) is 2.28. The van der Waals surface area contributed by atoms with Crippen molar-refractivity contribution in [1.29, 1.82) is 0 Å². The van der Waals surface area contributed by atoms with Gasteiger partial charge in [0.05, 0.1) is 17.7 Å². The predicted molar refractivity (Wildman–Crippen MR) is 60.1 cm³/mol. The molecule has 1 aromatic rings. The summed E-state index contributed by atoms with van der Waals surface area (Å²) in [4.78, 5) is 22.4. The van der Waals surface area contributed by atoms with Crippen LogP contribution >= 0.6 is 0 Å².